The Morgan fingerprint density at radius 2 is 2.56 bits per heavy atom. The van der Waals surface area contributed by atoms with Crippen LogP contribution in [0.2, 0.25) is 0 Å². The Hall–Kier alpha value is -1.20. The highest BCUT2D eigenvalue weighted by molar-refractivity contribution is 5.73. The van der Waals surface area contributed by atoms with Crippen LogP contribution in [0, 0.1) is 0 Å². The number of carbonyl (C=O) groups excluding carboxylic acids is 1. The topological polar surface area (TPSA) is 53.4 Å². The molecular weight excluding hydrogens is 208 g/mol. The molecular formula is C11H16N2O3. The third-order valence-corrected chi connectivity index (χ3v) is 2.55. The highest BCUT2D eigenvalue weighted by atomic mass is 16.7. The largest absolute Gasteiger partial charge is 0.353 e. The van der Waals surface area contributed by atoms with Crippen LogP contribution in [0.15, 0.2) is 12.4 Å². The first-order valence-corrected chi connectivity index (χ1v) is 5.59. The lowest BCUT2D eigenvalue weighted by Crippen LogP contribution is -2.24. The van der Waals surface area contributed by atoms with Crippen LogP contribution in [-0.4, -0.2) is 35.6 Å². The van der Waals surface area contributed by atoms with Crippen molar-refractivity contribution in [2.75, 3.05) is 13.2 Å². The summed E-state index contributed by atoms with van der Waals surface area (Å²) in [5.41, 5.74) is 0.592. The second-order valence-electron chi connectivity index (χ2n) is 3.82. The van der Waals surface area contributed by atoms with Crippen molar-refractivity contribution in [2.45, 2.75) is 32.1 Å². The summed E-state index contributed by atoms with van der Waals surface area (Å²) in [6, 6.07) is 0. The first-order valence-electron chi connectivity index (χ1n) is 5.59. The fraction of sp³-hybridized carbons (Fsp3) is 0.636. The van der Waals surface area contributed by atoms with E-state index in [0.29, 0.717) is 18.7 Å². The van der Waals surface area contributed by atoms with Gasteiger partial charge in [-0.25, -0.2) is 0 Å². The third-order valence-electron chi connectivity index (χ3n) is 2.55. The monoisotopic (exact) mass is 224 g/mol. The maximum atomic E-state index is 10.4. The Balaban J connectivity index is 1.68. The number of carbonyl (C=O) groups is 1. The molecule has 16 heavy (non-hydrogen) atoms. The summed E-state index contributed by atoms with van der Waals surface area (Å²) in [5, 5.41) is 4.03. The molecule has 1 aromatic heterocycles. The van der Waals surface area contributed by atoms with Crippen molar-refractivity contribution in [3.63, 3.8) is 0 Å². The molecule has 1 aliphatic heterocycles. The molecule has 0 N–H and O–H groups in total. The molecule has 0 amide bonds. The lowest BCUT2D eigenvalue weighted by Gasteiger charge is -2.22. The molecule has 0 aromatic carbocycles. The summed E-state index contributed by atoms with van der Waals surface area (Å²) in [6.07, 6.45) is 7.24. The van der Waals surface area contributed by atoms with Crippen LogP contribution in [0.25, 0.3) is 0 Å². The Morgan fingerprint density at radius 3 is 3.25 bits per heavy atom. The summed E-state index contributed by atoms with van der Waals surface area (Å²) in [5.74, 6) is 0. The minimum Gasteiger partial charge on any atom is -0.353 e. The van der Waals surface area contributed by atoms with Crippen LogP contribution in [0.1, 0.15) is 29.6 Å². The van der Waals surface area contributed by atoms with E-state index in [1.54, 1.807) is 17.1 Å². The van der Waals surface area contributed by atoms with Crippen LogP contribution in [-0.2, 0) is 16.0 Å². The molecule has 5 nitrogen and oxygen atoms in total. The molecule has 2 heterocycles. The molecule has 0 saturated carbocycles. The van der Waals surface area contributed by atoms with Crippen molar-refractivity contribution in [1.29, 1.82) is 0 Å². The van der Waals surface area contributed by atoms with E-state index in [1.165, 1.54) is 6.42 Å². The van der Waals surface area contributed by atoms with Gasteiger partial charge in [0.15, 0.2) is 12.6 Å². The van der Waals surface area contributed by atoms with E-state index < -0.39 is 0 Å². The number of aromatic nitrogens is 2. The first kappa shape index (κ1) is 11.3. The molecule has 5 heteroatoms. The van der Waals surface area contributed by atoms with Gasteiger partial charge in [-0.2, -0.15) is 5.10 Å². The normalized spacial score (nSPS) is 20.9. The Labute approximate surface area is 94.3 Å². The van der Waals surface area contributed by atoms with E-state index in [2.05, 4.69) is 5.10 Å². The van der Waals surface area contributed by atoms with Crippen molar-refractivity contribution in [2.24, 2.45) is 0 Å². The molecule has 0 bridgehead atoms. The molecule has 1 aliphatic rings. The van der Waals surface area contributed by atoms with Gasteiger partial charge in [0.05, 0.1) is 24.9 Å². The Kier molecular flexibility index (Phi) is 4.07. The second-order valence-corrected chi connectivity index (χ2v) is 3.82. The zero-order chi connectivity index (χ0) is 11.2. The maximum absolute atomic E-state index is 10.4. The highest BCUT2D eigenvalue weighted by Crippen LogP contribution is 2.13. The fourth-order valence-corrected chi connectivity index (χ4v) is 1.68. The van der Waals surface area contributed by atoms with Crippen LogP contribution in [0.3, 0.4) is 0 Å². The number of aldehydes is 1. The van der Waals surface area contributed by atoms with Crippen LogP contribution in [0.4, 0.5) is 0 Å². The molecule has 1 atom stereocenters. The number of rotatable bonds is 5. The lowest BCUT2D eigenvalue weighted by molar-refractivity contribution is -0.163. The SMILES string of the molecule is O=Cc1cnn(CCOC2CCCCO2)c1. The van der Waals surface area contributed by atoms with Gasteiger partial charge in [0.2, 0.25) is 0 Å². The van der Waals surface area contributed by atoms with Crippen molar-refractivity contribution in [3.8, 4) is 0 Å². The van der Waals surface area contributed by atoms with E-state index in [-0.39, 0.29) is 6.29 Å². The van der Waals surface area contributed by atoms with Gasteiger partial charge in [0.1, 0.15) is 0 Å². The van der Waals surface area contributed by atoms with E-state index in [9.17, 15) is 4.79 Å². The van der Waals surface area contributed by atoms with Crippen molar-refractivity contribution < 1.29 is 14.3 Å². The summed E-state index contributed by atoms with van der Waals surface area (Å²) < 4.78 is 12.7. The van der Waals surface area contributed by atoms with Gasteiger partial charge in [0, 0.05) is 12.8 Å². The van der Waals surface area contributed by atoms with Gasteiger partial charge in [-0.1, -0.05) is 0 Å². The molecule has 88 valence electrons. The Morgan fingerprint density at radius 1 is 1.62 bits per heavy atom. The minimum absolute atomic E-state index is 0.0603. The lowest BCUT2D eigenvalue weighted by atomic mass is 10.2. The smallest absolute Gasteiger partial charge is 0.157 e. The van der Waals surface area contributed by atoms with Crippen molar-refractivity contribution in [3.05, 3.63) is 18.0 Å². The summed E-state index contributed by atoms with van der Waals surface area (Å²) >= 11 is 0. The summed E-state index contributed by atoms with van der Waals surface area (Å²) in [6.45, 7) is 2.00. The number of nitrogens with zero attached hydrogens (tertiary/aromatic N) is 2. The molecule has 0 radical (unpaired) electrons. The van der Waals surface area contributed by atoms with Crippen LogP contribution < -0.4 is 0 Å². The zero-order valence-corrected chi connectivity index (χ0v) is 9.17. The molecule has 1 saturated heterocycles. The quantitative estimate of drug-likeness (QED) is 0.706. The number of hydrogen-bond donors (Lipinski definition) is 0. The van der Waals surface area contributed by atoms with Crippen molar-refractivity contribution >= 4 is 6.29 Å². The van der Waals surface area contributed by atoms with E-state index in [4.69, 9.17) is 9.47 Å². The maximum Gasteiger partial charge on any atom is 0.157 e. The van der Waals surface area contributed by atoms with Gasteiger partial charge >= 0.3 is 0 Å². The van der Waals surface area contributed by atoms with Gasteiger partial charge in [0.25, 0.3) is 0 Å². The standard InChI is InChI=1S/C11H16N2O3/c14-9-10-7-12-13(8-10)4-6-16-11-3-1-2-5-15-11/h7-9,11H,1-6H2. The number of hydrogen-bond acceptors (Lipinski definition) is 4. The van der Waals surface area contributed by atoms with Crippen LogP contribution >= 0.6 is 0 Å². The molecule has 0 spiro atoms. The summed E-state index contributed by atoms with van der Waals surface area (Å²) in [7, 11) is 0. The predicted molar refractivity (Wildman–Crippen MR) is 57.2 cm³/mol. The molecule has 0 aliphatic carbocycles. The third kappa shape index (κ3) is 3.15. The van der Waals surface area contributed by atoms with Gasteiger partial charge in [-0.3, -0.25) is 9.48 Å². The van der Waals surface area contributed by atoms with Crippen molar-refractivity contribution in [1.82, 2.24) is 9.78 Å². The van der Waals surface area contributed by atoms with Gasteiger partial charge < -0.3 is 9.47 Å². The average Bonchev–Trinajstić information content (AvgIpc) is 2.78. The molecule has 1 aromatic rings. The highest BCUT2D eigenvalue weighted by Gasteiger charge is 2.13. The number of ether oxygens (including phenoxy) is 2. The zero-order valence-electron chi connectivity index (χ0n) is 9.17. The molecule has 1 fully saturated rings. The second kappa shape index (κ2) is 5.77. The first-order chi connectivity index (χ1) is 7.88. The van der Waals surface area contributed by atoms with Crippen LogP contribution in [0.5, 0.6) is 0 Å². The van der Waals surface area contributed by atoms with Gasteiger partial charge in [-0.15, -0.1) is 0 Å². The fourth-order valence-electron chi connectivity index (χ4n) is 1.68. The van der Waals surface area contributed by atoms with E-state index >= 15 is 0 Å². The Bertz CT molecular complexity index is 332. The minimum atomic E-state index is -0.0603. The average molecular weight is 224 g/mol. The van der Waals surface area contributed by atoms with Gasteiger partial charge in [-0.05, 0) is 19.3 Å². The molecule has 2 rings (SSSR count). The predicted octanol–water partition coefficient (Wildman–Crippen LogP) is 1.24. The molecule has 1 unspecified atom stereocenters. The van der Waals surface area contributed by atoms with E-state index in [1.807, 2.05) is 0 Å². The van der Waals surface area contributed by atoms with E-state index in [0.717, 1.165) is 25.7 Å². The summed E-state index contributed by atoms with van der Waals surface area (Å²) in [4.78, 5) is 10.4.